The molecule has 16 heavy (non-hydrogen) atoms. The molecule has 0 aliphatic carbocycles. The maximum atomic E-state index is 12.8. The third-order valence-electron chi connectivity index (χ3n) is 1.74. The Morgan fingerprint density at radius 3 is 2.00 bits per heavy atom. The van der Waals surface area contributed by atoms with Gasteiger partial charge in [-0.3, -0.25) is 4.39 Å². The minimum atomic E-state index is -3.16. The molecule has 1 aromatic carbocycles. The van der Waals surface area contributed by atoms with Crippen molar-refractivity contribution in [3.8, 4) is 0 Å². The maximum Gasteiger partial charge on any atom is 0.283 e. The summed E-state index contributed by atoms with van der Waals surface area (Å²) in [5.74, 6) is 0. The molecule has 0 heterocycles. The molecular weight excluding hydrogens is 246 g/mol. The molecule has 0 spiro atoms. The van der Waals surface area contributed by atoms with Crippen LogP contribution >= 0.6 is 9.24 Å². The van der Waals surface area contributed by atoms with Crippen LogP contribution in [0.15, 0.2) is 18.2 Å². The Morgan fingerprint density at radius 2 is 1.62 bits per heavy atom. The van der Waals surface area contributed by atoms with E-state index in [0.717, 1.165) is 6.07 Å². The maximum absolute atomic E-state index is 12.8. The molecule has 1 rings (SSSR count). The molecular formula is C10H12F5P. The Morgan fingerprint density at radius 1 is 1.12 bits per heavy atom. The summed E-state index contributed by atoms with van der Waals surface area (Å²) in [6.45, 7) is 1.51. The van der Waals surface area contributed by atoms with E-state index >= 15 is 0 Å². The van der Waals surface area contributed by atoms with E-state index in [-0.39, 0.29) is 5.56 Å². The summed E-state index contributed by atoms with van der Waals surface area (Å²) in [6, 6.07) is 3.22. The lowest BCUT2D eigenvalue weighted by atomic mass is 10.1. The van der Waals surface area contributed by atoms with Crippen molar-refractivity contribution >= 4 is 9.24 Å². The zero-order valence-corrected chi connectivity index (χ0v) is 9.93. The van der Waals surface area contributed by atoms with E-state index in [1.165, 1.54) is 28.3 Å². The number of rotatable bonds is 2. The second-order valence-electron chi connectivity index (χ2n) is 3.06. The summed E-state index contributed by atoms with van der Waals surface area (Å²) in [6.07, 6.45) is -2.72. The number of benzene rings is 1. The molecule has 6 heteroatoms. The number of hydrogen-bond donors (Lipinski definition) is 0. The van der Waals surface area contributed by atoms with Gasteiger partial charge in [0.2, 0.25) is 0 Å². The van der Waals surface area contributed by atoms with Crippen molar-refractivity contribution in [3.63, 3.8) is 0 Å². The first kappa shape index (κ1) is 15.3. The number of aryl methyl sites for hydroxylation is 1. The summed E-state index contributed by atoms with van der Waals surface area (Å²) in [5, 5.41) is 0. The molecule has 1 atom stereocenters. The summed E-state index contributed by atoms with van der Waals surface area (Å²) in [5.41, 5.74) is -3.53. The fraction of sp³-hybridized carbons (Fsp3) is 0.400. The molecule has 1 aromatic rings. The van der Waals surface area contributed by atoms with Gasteiger partial charge in [0, 0.05) is 11.1 Å². The molecule has 1 unspecified atom stereocenters. The molecule has 0 aliphatic heterocycles. The van der Waals surface area contributed by atoms with Crippen LogP contribution in [-0.4, -0.2) is 7.18 Å². The predicted molar refractivity (Wildman–Crippen MR) is 56.8 cm³/mol. The third kappa shape index (κ3) is 4.44. The Hall–Kier alpha value is -0.700. The molecule has 0 amide bonds. The lowest BCUT2D eigenvalue weighted by Crippen LogP contribution is -2.04. The molecule has 0 nitrogen and oxygen atoms in total. The zero-order chi connectivity index (χ0) is 12.9. The van der Waals surface area contributed by atoms with Gasteiger partial charge in [0.1, 0.15) is 0 Å². The third-order valence-corrected chi connectivity index (χ3v) is 2.07. The van der Waals surface area contributed by atoms with Crippen LogP contribution in [0.1, 0.15) is 23.1 Å². The highest BCUT2D eigenvalue weighted by molar-refractivity contribution is 7.17. The highest BCUT2D eigenvalue weighted by Gasteiger charge is 2.26. The molecule has 0 bridgehead atoms. The first-order chi connectivity index (χ1) is 7.30. The Kier molecular flexibility index (Phi) is 5.87. The lowest BCUT2D eigenvalue weighted by Gasteiger charge is -2.13. The average Bonchev–Trinajstić information content (AvgIpc) is 2.18. The Labute approximate surface area is 93.1 Å². The van der Waals surface area contributed by atoms with Crippen LogP contribution in [0.25, 0.3) is 0 Å². The van der Waals surface area contributed by atoms with Crippen LogP contribution in [0, 0.1) is 6.92 Å². The fourth-order valence-electron chi connectivity index (χ4n) is 1.13. The summed E-state index contributed by atoms with van der Waals surface area (Å²) < 4.78 is 59.6. The quantitative estimate of drug-likeness (QED) is 0.543. The largest absolute Gasteiger partial charge is 0.283 e. The highest BCUT2D eigenvalue weighted by Crippen LogP contribution is 2.36. The van der Waals surface area contributed by atoms with Crippen LogP contribution in [0.5, 0.6) is 0 Å². The second-order valence-corrected chi connectivity index (χ2v) is 3.78. The van der Waals surface area contributed by atoms with Crippen molar-refractivity contribution < 1.29 is 22.0 Å². The molecule has 0 radical (unpaired) electrons. The van der Waals surface area contributed by atoms with E-state index in [1.807, 2.05) is 0 Å². The van der Waals surface area contributed by atoms with Gasteiger partial charge in [0.25, 0.3) is 12.1 Å². The molecule has 0 N–H and O–H groups in total. The van der Waals surface area contributed by atoms with Gasteiger partial charge in [-0.2, -0.15) is 8.78 Å². The van der Waals surface area contributed by atoms with Crippen LogP contribution in [0.2, 0.25) is 0 Å². The smallest absolute Gasteiger partial charge is 0.255 e. The molecule has 0 fully saturated rings. The Bertz CT molecular complexity index is 332. The van der Waals surface area contributed by atoms with E-state index in [4.69, 9.17) is 0 Å². The summed E-state index contributed by atoms with van der Waals surface area (Å²) in [4.78, 5) is 0. The van der Waals surface area contributed by atoms with Crippen molar-refractivity contribution in [1.29, 1.82) is 0 Å². The van der Waals surface area contributed by atoms with Crippen LogP contribution in [0.3, 0.4) is 0 Å². The number of alkyl halides is 5. The predicted octanol–water partition coefficient (Wildman–Crippen LogP) is 4.44. The van der Waals surface area contributed by atoms with E-state index in [0.29, 0.717) is 12.7 Å². The first-order valence-electron chi connectivity index (χ1n) is 4.25. The monoisotopic (exact) mass is 258 g/mol. The lowest BCUT2D eigenvalue weighted by molar-refractivity contribution is 0.103. The van der Waals surface area contributed by atoms with Gasteiger partial charge in [-0.15, -0.1) is 0 Å². The van der Waals surface area contributed by atoms with Crippen LogP contribution in [-0.2, 0) is 5.66 Å². The molecule has 0 aliphatic rings. The van der Waals surface area contributed by atoms with Crippen molar-refractivity contribution in [1.82, 2.24) is 0 Å². The standard InChI is InChI=1S/C9H9F4P.CH3F/c1-5-2-6(8(10)11)4-7(3-5)9(12,13)14;1-2/h2-4,8H,14H2,1H3;1H3. The van der Waals surface area contributed by atoms with E-state index < -0.39 is 17.7 Å². The van der Waals surface area contributed by atoms with Gasteiger partial charge in [-0.05, 0) is 19.1 Å². The van der Waals surface area contributed by atoms with Gasteiger partial charge in [0.05, 0.1) is 7.18 Å². The fourth-order valence-corrected chi connectivity index (χ4v) is 1.30. The van der Waals surface area contributed by atoms with Gasteiger partial charge in [-0.25, -0.2) is 8.78 Å². The first-order valence-corrected chi connectivity index (χ1v) is 4.83. The van der Waals surface area contributed by atoms with Gasteiger partial charge in [-0.1, -0.05) is 20.9 Å². The zero-order valence-electron chi connectivity index (χ0n) is 8.78. The van der Waals surface area contributed by atoms with E-state index in [1.54, 1.807) is 0 Å². The normalized spacial score (nSPS) is 11.1. The van der Waals surface area contributed by atoms with E-state index in [9.17, 15) is 22.0 Å². The average molecular weight is 258 g/mol. The second kappa shape index (κ2) is 6.14. The van der Waals surface area contributed by atoms with Crippen molar-refractivity contribution in [3.05, 3.63) is 34.9 Å². The summed E-state index contributed by atoms with van der Waals surface area (Å²) in [7, 11) is 1.83. The Balaban J connectivity index is 0.00000106. The molecule has 0 saturated carbocycles. The summed E-state index contributed by atoms with van der Waals surface area (Å²) >= 11 is 0. The van der Waals surface area contributed by atoms with Crippen molar-refractivity contribution in [2.24, 2.45) is 0 Å². The molecule has 0 aromatic heterocycles. The van der Waals surface area contributed by atoms with Gasteiger partial charge in [0.15, 0.2) is 0 Å². The number of halogens is 5. The molecule has 92 valence electrons. The SMILES string of the molecule is CF.Cc1cc(C(F)F)cc(C(F)(F)P)c1. The minimum absolute atomic E-state index is 0.373. The van der Waals surface area contributed by atoms with Crippen molar-refractivity contribution in [2.45, 2.75) is 19.0 Å². The molecule has 0 saturated heterocycles. The number of hydrogen-bond acceptors (Lipinski definition) is 0. The topological polar surface area (TPSA) is 0 Å². The highest BCUT2D eigenvalue weighted by atomic mass is 31.0. The van der Waals surface area contributed by atoms with Crippen LogP contribution < -0.4 is 0 Å². The van der Waals surface area contributed by atoms with Gasteiger partial charge < -0.3 is 0 Å². The van der Waals surface area contributed by atoms with E-state index in [2.05, 4.69) is 0 Å². The van der Waals surface area contributed by atoms with Gasteiger partial charge >= 0.3 is 0 Å². The van der Waals surface area contributed by atoms with Crippen LogP contribution in [0.4, 0.5) is 22.0 Å². The minimum Gasteiger partial charge on any atom is -0.255 e. The van der Waals surface area contributed by atoms with Crippen molar-refractivity contribution in [2.75, 3.05) is 7.18 Å².